The molecule has 0 aliphatic rings. The smallest absolute Gasteiger partial charge is 0.272 e. The number of carbonyl (C=O) groups is 3. The summed E-state index contributed by atoms with van der Waals surface area (Å²) in [6.45, 7) is 3.83. The van der Waals surface area contributed by atoms with E-state index < -0.39 is 5.91 Å². The van der Waals surface area contributed by atoms with Crippen molar-refractivity contribution in [3.63, 3.8) is 0 Å². The van der Waals surface area contributed by atoms with Gasteiger partial charge in [-0.2, -0.15) is 11.3 Å². The molecule has 4 aromatic rings. The molecule has 1 unspecified atom stereocenters. The fourth-order valence-electron chi connectivity index (χ4n) is 3.51. The maximum Gasteiger partial charge on any atom is 0.272 e. The highest BCUT2D eigenvalue weighted by Gasteiger charge is 2.17. The van der Waals surface area contributed by atoms with Crippen molar-refractivity contribution < 1.29 is 14.4 Å². The second kappa shape index (κ2) is 12.9. The van der Waals surface area contributed by atoms with Gasteiger partial charge in [0.15, 0.2) is 0 Å². The number of aryl methyl sites for hydroxylation is 1. The van der Waals surface area contributed by atoms with Crippen LogP contribution in [0.1, 0.15) is 28.4 Å². The lowest BCUT2D eigenvalue weighted by Gasteiger charge is -2.13. The zero-order valence-corrected chi connectivity index (χ0v) is 22.6. The molecule has 0 aliphatic carbocycles. The molecule has 1 heterocycles. The summed E-state index contributed by atoms with van der Waals surface area (Å²) in [5.41, 5.74) is 3.83. The Balaban J connectivity index is 1.39. The number of benzene rings is 3. The second-order valence-electron chi connectivity index (χ2n) is 8.53. The lowest BCUT2D eigenvalue weighted by molar-refractivity contribution is -0.115. The molecule has 1 atom stereocenters. The molecule has 3 N–H and O–H groups in total. The molecule has 192 valence electrons. The highest BCUT2D eigenvalue weighted by Crippen LogP contribution is 2.26. The molecule has 0 fully saturated rings. The van der Waals surface area contributed by atoms with E-state index in [4.69, 9.17) is 0 Å². The maximum absolute atomic E-state index is 13.1. The van der Waals surface area contributed by atoms with Crippen LogP contribution in [0.2, 0.25) is 0 Å². The standard InChI is InChI=1S/C30H27N3O3S2/c1-20-7-6-10-25(17-20)32-28(34)21(2)38-26-13-11-24(12-14-26)31-30(36)27(18-22-15-16-37-19-22)33-29(35)23-8-4-3-5-9-23/h3-19,21H,1-2H3,(H,31,36)(H,32,34)(H,33,35)/b27-18-. The van der Waals surface area contributed by atoms with Gasteiger partial charge >= 0.3 is 0 Å². The highest BCUT2D eigenvalue weighted by atomic mass is 32.2. The number of thioether (sulfide) groups is 1. The van der Waals surface area contributed by atoms with Crippen LogP contribution in [0.5, 0.6) is 0 Å². The summed E-state index contributed by atoms with van der Waals surface area (Å²) in [7, 11) is 0. The molecule has 4 rings (SSSR count). The van der Waals surface area contributed by atoms with Crippen LogP contribution in [0.15, 0.2) is 106 Å². The first kappa shape index (κ1) is 26.9. The van der Waals surface area contributed by atoms with E-state index in [0.717, 1.165) is 21.7 Å². The Kier molecular flexibility index (Phi) is 9.13. The fourth-order valence-corrected chi connectivity index (χ4v) is 4.99. The Morgan fingerprint density at radius 2 is 1.63 bits per heavy atom. The first-order valence-electron chi connectivity index (χ1n) is 11.9. The van der Waals surface area contributed by atoms with Gasteiger partial charge < -0.3 is 16.0 Å². The van der Waals surface area contributed by atoms with E-state index in [0.29, 0.717) is 11.3 Å². The largest absolute Gasteiger partial charge is 0.325 e. The van der Waals surface area contributed by atoms with Gasteiger partial charge in [-0.25, -0.2) is 0 Å². The zero-order valence-electron chi connectivity index (χ0n) is 20.9. The molecule has 1 aromatic heterocycles. The monoisotopic (exact) mass is 541 g/mol. The van der Waals surface area contributed by atoms with Crippen molar-refractivity contribution >= 4 is 58.3 Å². The third-order valence-electron chi connectivity index (χ3n) is 5.46. The number of rotatable bonds is 9. The number of anilines is 2. The fraction of sp³-hybridized carbons (Fsp3) is 0.100. The summed E-state index contributed by atoms with van der Waals surface area (Å²) >= 11 is 2.93. The number of amides is 3. The lowest BCUT2D eigenvalue weighted by atomic mass is 10.2. The number of hydrogen-bond acceptors (Lipinski definition) is 5. The van der Waals surface area contributed by atoms with Gasteiger partial charge in [-0.15, -0.1) is 11.8 Å². The van der Waals surface area contributed by atoms with Crippen molar-refractivity contribution in [1.29, 1.82) is 0 Å². The Bertz CT molecular complexity index is 1430. The number of carbonyl (C=O) groups excluding carboxylic acids is 3. The average Bonchev–Trinajstić information content (AvgIpc) is 3.43. The number of nitrogens with one attached hydrogen (secondary N) is 3. The van der Waals surface area contributed by atoms with E-state index in [-0.39, 0.29) is 22.8 Å². The summed E-state index contributed by atoms with van der Waals surface area (Å²) in [6, 6.07) is 25.5. The van der Waals surface area contributed by atoms with Crippen molar-refractivity contribution in [2.45, 2.75) is 24.0 Å². The minimum absolute atomic E-state index is 0.0876. The Morgan fingerprint density at radius 1 is 0.868 bits per heavy atom. The van der Waals surface area contributed by atoms with Crippen LogP contribution < -0.4 is 16.0 Å². The summed E-state index contributed by atoms with van der Waals surface area (Å²) in [4.78, 5) is 39.3. The predicted molar refractivity (Wildman–Crippen MR) is 156 cm³/mol. The Labute approximate surface area is 230 Å². The van der Waals surface area contributed by atoms with Crippen molar-refractivity contribution in [1.82, 2.24) is 5.32 Å². The van der Waals surface area contributed by atoms with Gasteiger partial charge in [0.2, 0.25) is 5.91 Å². The minimum atomic E-state index is -0.438. The molecule has 0 saturated heterocycles. The third-order valence-corrected chi connectivity index (χ3v) is 7.28. The number of hydrogen-bond donors (Lipinski definition) is 3. The van der Waals surface area contributed by atoms with E-state index in [2.05, 4.69) is 16.0 Å². The van der Waals surface area contributed by atoms with Crippen molar-refractivity contribution in [3.8, 4) is 0 Å². The van der Waals surface area contributed by atoms with E-state index in [1.165, 1.54) is 23.1 Å². The molecule has 3 aromatic carbocycles. The molecule has 8 heteroatoms. The van der Waals surface area contributed by atoms with Crippen LogP contribution in [0.25, 0.3) is 6.08 Å². The summed E-state index contributed by atoms with van der Waals surface area (Å²) < 4.78 is 0. The quantitative estimate of drug-likeness (QED) is 0.165. The maximum atomic E-state index is 13.1. The van der Waals surface area contributed by atoms with Crippen LogP contribution in [0.3, 0.4) is 0 Å². The van der Waals surface area contributed by atoms with Crippen LogP contribution >= 0.6 is 23.1 Å². The van der Waals surface area contributed by atoms with Gasteiger partial charge in [-0.05, 0) is 96.4 Å². The van der Waals surface area contributed by atoms with Gasteiger partial charge in [0, 0.05) is 21.8 Å². The minimum Gasteiger partial charge on any atom is -0.325 e. The Morgan fingerprint density at radius 3 is 2.32 bits per heavy atom. The van der Waals surface area contributed by atoms with Crippen LogP contribution in [0.4, 0.5) is 11.4 Å². The van der Waals surface area contributed by atoms with Gasteiger partial charge in [0.05, 0.1) is 5.25 Å². The first-order valence-corrected chi connectivity index (χ1v) is 13.8. The SMILES string of the molecule is Cc1cccc(NC(=O)C(C)Sc2ccc(NC(=O)/C(=C/c3ccsc3)NC(=O)c3ccccc3)cc2)c1. The summed E-state index contributed by atoms with van der Waals surface area (Å²) in [6.07, 6.45) is 1.64. The molecular weight excluding hydrogens is 514 g/mol. The zero-order chi connectivity index (χ0) is 26.9. The molecule has 38 heavy (non-hydrogen) atoms. The van der Waals surface area contributed by atoms with Crippen molar-refractivity contribution in [2.24, 2.45) is 0 Å². The second-order valence-corrected chi connectivity index (χ2v) is 10.7. The van der Waals surface area contributed by atoms with Crippen LogP contribution in [-0.2, 0) is 9.59 Å². The molecule has 6 nitrogen and oxygen atoms in total. The normalized spacial score (nSPS) is 11.9. The van der Waals surface area contributed by atoms with E-state index >= 15 is 0 Å². The Hall–Kier alpha value is -4.14. The van der Waals surface area contributed by atoms with Gasteiger partial charge in [0.25, 0.3) is 11.8 Å². The summed E-state index contributed by atoms with van der Waals surface area (Å²) in [5, 5.41) is 12.0. The van der Waals surface area contributed by atoms with E-state index in [1.807, 2.05) is 73.1 Å². The van der Waals surface area contributed by atoms with Gasteiger partial charge in [-0.3, -0.25) is 14.4 Å². The highest BCUT2D eigenvalue weighted by molar-refractivity contribution is 8.00. The van der Waals surface area contributed by atoms with Crippen molar-refractivity contribution in [3.05, 3.63) is 118 Å². The van der Waals surface area contributed by atoms with Gasteiger partial charge in [-0.1, -0.05) is 30.3 Å². The third kappa shape index (κ3) is 7.68. The lowest BCUT2D eigenvalue weighted by Crippen LogP contribution is -2.30. The predicted octanol–water partition coefficient (Wildman–Crippen LogP) is 6.59. The topological polar surface area (TPSA) is 87.3 Å². The van der Waals surface area contributed by atoms with E-state index in [1.54, 1.807) is 42.5 Å². The van der Waals surface area contributed by atoms with Crippen molar-refractivity contribution in [2.75, 3.05) is 10.6 Å². The average molecular weight is 542 g/mol. The molecule has 0 saturated carbocycles. The molecule has 0 spiro atoms. The van der Waals surface area contributed by atoms with E-state index in [9.17, 15) is 14.4 Å². The van der Waals surface area contributed by atoms with Gasteiger partial charge in [0.1, 0.15) is 5.70 Å². The molecule has 0 aliphatic heterocycles. The first-order chi connectivity index (χ1) is 18.4. The molecule has 3 amide bonds. The number of thiophene rings is 1. The molecule has 0 bridgehead atoms. The molecular formula is C30H27N3O3S2. The van der Waals surface area contributed by atoms with Crippen LogP contribution in [0, 0.1) is 6.92 Å². The summed E-state index contributed by atoms with van der Waals surface area (Å²) in [5.74, 6) is -0.894. The van der Waals surface area contributed by atoms with Crippen LogP contribution in [-0.4, -0.2) is 23.0 Å². The molecule has 0 radical (unpaired) electrons.